The number of anilines is 1. The van der Waals surface area contributed by atoms with Crippen LogP contribution in [0.3, 0.4) is 0 Å². The lowest BCUT2D eigenvalue weighted by Crippen LogP contribution is -2.44. The van der Waals surface area contributed by atoms with Gasteiger partial charge in [0.1, 0.15) is 11.2 Å². The van der Waals surface area contributed by atoms with Crippen LogP contribution in [0.1, 0.15) is 69.2 Å². The zero-order chi connectivity index (χ0) is 19.8. The molecule has 2 fully saturated rings. The Morgan fingerprint density at radius 1 is 1.25 bits per heavy atom. The van der Waals surface area contributed by atoms with Gasteiger partial charge in [-0.05, 0) is 39.2 Å². The first-order valence-electron chi connectivity index (χ1n) is 10.6. The van der Waals surface area contributed by atoms with Gasteiger partial charge in [0.05, 0.1) is 6.54 Å². The number of nitrogens with one attached hydrogen (secondary N) is 1. The van der Waals surface area contributed by atoms with Gasteiger partial charge in [-0.2, -0.15) is 0 Å². The van der Waals surface area contributed by atoms with Crippen molar-refractivity contribution in [2.24, 2.45) is 0 Å². The van der Waals surface area contributed by atoms with Gasteiger partial charge in [0.2, 0.25) is 5.13 Å². The smallest absolute Gasteiger partial charge is 0.320 e. The number of amides is 2. The minimum absolute atomic E-state index is 0.0351. The Labute approximate surface area is 180 Å². The molecule has 2 aliphatic rings. The van der Waals surface area contributed by atoms with E-state index in [-0.39, 0.29) is 12.2 Å². The number of unbranched alkanes of at least 4 members (excludes halogenated alkanes) is 1. The maximum absolute atomic E-state index is 13.0. The third kappa shape index (κ3) is 5.54. The van der Waals surface area contributed by atoms with E-state index < -0.39 is 0 Å². The summed E-state index contributed by atoms with van der Waals surface area (Å²) < 4.78 is 0. The first kappa shape index (κ1) is 21.7. The zero-order valence-corrected chi connectivity index (χ0v) is 19.2. The summed E-state index contributed by atoms with van der Waals surface area (Å²) in [5.74, 6) is 0.511. The van der Waals surface area contributed by atoms with E-state index >= 15 is 0 Å². The second-order valence-electron chi connectivity index (χ2n) is 7.58. The van der Waals surface area contributed by atoms with Gasteiger partial charge in [-0.3, -0.25) is 10.2 Å². The first-order valence-corrected chi connectivity index (χ1v) is 12.5. The first-order chi connectivity index (χ1) is 13.7. The molecule has 0 spiro atoms. The van der Waals surface area contributed by atoms with E-state index in [1.54, 1.807) is 11.3 Å². The molecule has 1 aliphatic carbocycles. The molecule has 3 rings (SSSR count). The lowest BCUT2D eigenvalue weighted by Gasteiger charge is -2.21. The summed E-state index contributed by atoms with van der Waals surface area (Å²) in [6, 6.07) is 0.0361. The maximum Gasteiger partial charge on any atom is 0.327 e. The van der Waals surface area contributed by atoms with E-state index in [1.807, 2.05) is 16.7 Å². The van der Waals surface area contributed by atoms with Gasteiger partial charge in [-0.25, -0.2) is 4.79 Å². The highest BCUT2D eigenvalue weighted by molar-refractivity contribution is 9.09. The van der Waals surface area contributed by atoms with Crippen LogP contribution in [0.15, 0.2) is 12.2 Å². The zero-order valence-electron chi connectivity index (χ0n) is 16.8. The van der Waals surface area contributed by atoms with Crippen LogP contribution >= 0.6 is 27.3 Å². The van der Waals surface area contributed by atoms with Crippen molar-refractivity contribution in [3.8, 4) is 0 Å². The van der Waals surface area contributed by atoms with Crippen LogP contribution in [0.4, 0.5) is 9.93 Å². The lowest BCUT2D eigenvalue weighted by molar-refractivity contribution is 0.223. The van der Waals surface area contributed by atoms with Crippen LogP contribution in [0.25, 0.3) is 0 Å². The normalized spacial score (nSPS) is 21.8. The van der Waals surface area contributed by atoms with Crippen LogP contribution in [-0.4, -0.2) is 52.3 Å². The highest BCUT2D eigenvalue weighted by atomic mass is 79.9. The van der Waals surface area contributed by atoms with Gasteiger partial charge in [0.15, 0.2) is 0 Å². The number of hydrogen-bond donors (Lipinski definition) is 1. The summed E-state index contributed by atoms with van der Waals surface area (Å²) in [4.78, 5) is 16.7. The van der Waals surface area contributed by atoms with Crippen molar-refractivity contribution in [1.29, 1.82) is 0 Å². The van der Waals surface area contributed by atoms with Crippen LogP contribution < -0.4 is 10.2 Å². The summed E-state index contributed by atoms with van der Waals surface area (Å²) in [6.07, 6.45) is 13.9. The monoisotopic (exact) mass is 469 g/mol. The van der Waals surface area contributed by atoms with Gasteiger partial charge in [-0.15, -0.1) is 10.2 Å². The molecule has 1 atom stereocenters. The standard InChI is InChI=1S/C20H32BrN5OS/c1-2-3-4-9-13-22-17-15-25(14-12-21)20(27)26(17)19-24-23-18(28-19)16-10-7-5-6-8-11-16/h2-3,16-17,22H,4-15H2,1H3. The number of urea groups is 1. The van der Waals surface area contributed by atoms with Crippen molar-refractivity contribution in [1.82, 2.24) is 20.4 Å². The molecule has 2 heterocycles. The predicted molar refractivity (Wildman–Crippen MR) is 119 cm³/mol. The minimum atomic E-state index is -0.0351. The molecule has 0 aromatic carbocycles. The second-order valence-corrected chi connectivity index (χ2v) is 9.36. The number of rotatable bonds is 9. The fourth-order valence-corrected chi connectivity index (χ4v) is 5.47. The van der Waals surface area contributed by atoms with Crippen molar-refractivity contribution in [3.05, 3.63) is 17.2 Å². The highest BCUT2D eigenvalue weighted by Gasteiger charge is 2.39. The van der Waals surface area contributed by atoms with E-state index in [4.69, 9.17) is 0 Å². The van der Waals surface area contributed by atoms with Gasteiger partial charge < -0.3 is 4.90 Å². The second kappa shape index (κ2) is 11.3. The number of allylic oxidation sites excluding steroid dienone is 2. The Bertz CT molecular complexity index is 644. The summed E-state index contributed by atoms with van der Waals surface area (Å²) >= 11 is 5.08. The Morgan fingerprint density at radius 3 is 2.75 bits per heavy atom. The van der Waals surface area contributed by atoms with E-state index in [0.29, 0.717) is 19.0 Å². The molecule has 28 heavy (non-hydrogen) atoms. The summed E-state index contributed by atoms with van der Waals surface area (Å²) in [6.45, 7) is 4.33. The average molecular weight is 470 g/mol. The number of halogens is 1. The SMILES string of the molecule is CC=CCCCNC1CN(CCBr)C(=O)N1c1nnc(C2CCCCCC2)s1. The van der Waals surface area contributed by atoms with E-state index in [0.717, 1.165) is 34.9 Å². The number of nitrogens with zero attached hydrogens (tertiary/aromatic N) is 4. The molecule has 2 amide bonds. The number of carbonyl (C=O) groups is 1. The molecule has 1 unspecified atom stereocenters. The van der Waals surface area contributed by atoms with Crippen molar-refractivity contribution >= 4 is 38.4 Å². The van der Waals surface area contributed by atoms with Gasteiger partial charge in [-0.1, -0.05) is 65.1 Å². The third-order valence-corrected chi connectivity index (χ3v) is 6.98. The van der Waals surface area contributed by atoms with Crippen LogP contribution in [-0.2, 0) is 0 Å². The summed E-state index contributed by atoms with van der Waals surface area (Å²) in [7, 11) is 0. The number of carbonyl (C=O) groups excluding carboxylic acids is 1. The van der Waals surface area contributed by atoms with Gasteiger partial charge in [0.25, 0.3) is 0 Å². The molecular weight excluding hydrogens is 438 g/mol. The molecular formula is C20H32BrN5OS. The van der Waals surface area contributed by atoms with E-state index in [9.17, 15) is 4.79 Å². The quantitative estimate of drug-likeness (QED) is 0.242. The van der Waals surface area contributed by atoms with Gasteiger partial charge in [0, 0.05) is 17.8 Å². The van der Waals surface area contributed by atoms with Crippen molar-refractivity contribution < 1.29 is 4.79 Å². The van der Waals surface area contributed by atoms with Crippen LogP contribution in [0.2, 0.25) is 0 Å². The largest absolute Gasteiger partial charge is 0.327 e. The molecule has 1 saturated carbocycles. The van der Waals surface area contributed by atoms with Crippen molar-refractivity contribution in [2.45, 2.75) is 70.4 Å². The average Bonchev–Trinajstić information content (AvgIpc) is 3.17. The molecule has 1 aliphatic heterocycles. The molecule has 0 radical (unpaired) electrons. The highest BCUT2D eigenvalue weighted by Crippen LogP contribution is 2.36. The molecule has 1 aromatic rings. The van der Waals surface area contributed by atoms with Crippen LogP contribution in [0, 0.1) is 0 Å². The fraction of sp³-hybridized carbons (Fsp3) is 0.750. The summed E-state index contributed by atoms with van der Waals surface area (Å²) in [5, 5.41) is 15.1. The Morgan fingerprint density at radius 2 is 2.04 bits per heavy atom. The van der Waals surface area contributed by atoms with Crippen molar-refractivity contribution in [3.63, 3.8) is 0 Å². The number of aromatic nitrogens is 2. The minimum Gasteiger partial charge on any atom is -0.320 e. The molecule has 156 valence electrons. The maximum atomic E-state index is 13.0. The molecule has 8 heteroatoms. The predicted octanol–water partition coefficient (Wildman–Crippen LogP) is 4.88. The Balaban J connectivity index is 1.69. The van der Waals surface area contributed by atoms with E-state index in [2.05, 4.69) is 43.6 Å². The fourth-order valence-electron chi connectivity index (χ4n) is 3.98. The molecule has 1 saturated heterocycles. The Kier molecular flexibility index (Phi) is 8.73. The summed E-state index contributed by atoms with van der Waals surface area (Å²) in [5.41, 5.74) is 0. The van der Waals surface area contributed by atoms with E-state index in [1.165, 1.54) is 38.5 Å². The van der Waals surface area contributed by atoms with Crippen LogP contribution in [0.5, 0.6) is 0 Å². The number of hydrogen-bond acceptors (Lipinski definition) is 5. The molecule has 1 aromatic heterocycles. The van der Waals surface area contributed by atoms with Crippen molar-refractivity contribution in [2.75, 3.05) is 29.9 Å². The lowest BCUT2D eigenvalue weighted by atomic mass is 10.0. The molecule has 0 bridgehead atoms. The van der Waals surface area contributed by atoms with Gasteiger partial charge >= 0.3 is 6.03 Å². The molecule has 6 nitrogen and oxygen atoms in total. The number of alkyl halides is 1. The topological polar surface area (TPSA) is 61.4 Å². The third-order valence-electron chi connectivity index (χ3n) is 5.54. The Hall–Kier alpha value is -0.990. The molecule has 1 N–H and O–H groups in total.